The third-order valence-corrected chi connectivity index (χ3v) is 4.75. The highest BCUT2D eigenvalue weighted by molar-refractivity contribution is 5.78. The molecule has 1 aliphatic carbocycles. The first kappa shape index (κ1) is 16.6. The Labute approximate surface area is 129 Å². The van der Waals surface area contributed by atoms with Gasteiger partial charge in [-0.2, -0.15) is 0 Å². The average molecular weight is 295 g/mol. The first-order valence-corrected chi connectivity index (χ1v) is 8.65. The molecule has 2 fully saturated rings. The van der Waals surface area contributed by atoms with Crippen LogP contribution in [0.2, 0.25) is 0 Å². The minimum Gasteiger partial charge on any atom is -0.377 e. The van der Waals surface area contributed by atoms with Crippen LogP contribution < -0.4 is 11.1 Å². The SMILES string of the molecule is CC(C)(C)C1OCCCC1CN=C(N)NC1CCCCC1. The molecule has 0 spiro atoms. The Balaban J connectivity index is 1.85. The second-order valence-electron chi connectivity index (χ2n) is 7.76. The summed E-state index contributed by atoms with van der Waals surface area (Å²) in [5.41, 5.74) is 6.25. The Morgan fingerprint density at radius 1 is 1.14 bits per heavy atom. The number of guanidine groups is 1. The molecule has 0 aromatic heterocycles. The average Bonchev–Trinajstić information content (AvgIpc) is 2.45. The van der Waals surface area contributed by atoms with Gasteiger partial charge in [0.25, 0.3) is 0 Å². The van der Waals surface area contributed by atoms with E-state index in [0.717, 1.165) is 19.6 Å². The Bertz CT molecular complexity index is 342. The molecule has 1 aliphatic heterocycles. The first-order chi connectivity index (χ1) is 9.97. The topological polar surface area (TPSA) is 59.6 Å². The van der Waals surface area contributed by atoms with Gasteiger partial charge in [-0.25, -0.2) is 0 Å². The number of nitrogens with one attached hydrogen (secondary N) is 1. The maximum absolute atomic E-state index is 6.07. The van der Waals surface area contributed by atoms with Gasteiger partial charge in [-0.3, -0.25) is 4.99 Å². The summed E-state index contributed by atoms with van der Waals surface area (Å²) >= 11 is 0. The largest absolute Gasteiger partial charge is 0.377 e. The number of nitrogens with two attached hydrogens (primary N) is 1. The Kier molecular flexibility index (Phi) is 5.91. The molecule has 2 aliphatic rings. The molecule has 1 saturated heterocycles. The fourth-order valence-electron chi connectivity index (χ4n) is 3.70. The molecule has 4 heteroatoms. The molecule has 122 valence electrons. The molecule has 0 bridgehead atoms. The fraction of sp³-hybridized carbons (Fsp3) is 0.941. The Hall–Kier alpha value is -0.770. The molecular weight excluding hydrogens is 262 g/mol. The maximum atomic E-state index is 6.07. The van der Waals surface area contributed by atoms with E-state index in [4.69, 9.17) is 10.5 Å². The molecule has 1 saturated carbocycles. The Morgan fingerprint density at radius 3 is 2.52 bits per heavy atom. The smallest absolute Gasteiger partial charge is 0.188 e. The number of aliphatic imine (C=N–C) groups is 1. The van der Waals surface area contributed by atoms with Crippen LogP contribution in [-0.2, 0) is 4.74 Å². The summed E-state index contributed by atoms with van der Waals surface area (Å²) in [7, 11) is 0. The van der Waals surface area contributed by atoms with Crippen molar-refractivity contribution in [1.29, 1.82) is 0 Å². The highest BCUT2D eigenvalue weighted by Gasteiger charge is 2.35. The van der Waals surface area contributed by atoms with E-state index in [1.807, 2.05) is 0 Å². The van der Waals surface area contributed by atoms with Gasteiger partial charge in [-0.15, -0.1) is 0 Å². The lowest BCUT2D eigenvalue weighted by atomic mass is 9.78. The van der Waals surface area contributed by atoms with Crippen LogP contribution in [0.3, 0.4) is 0 Å². The summed E-state index contributed by atoms with van der Waals surface area (Å²) in [6.07, 6.45) is 9.08. The van der Waals surface area contributed by atoms with Crippen molar-refractivity contribution in [2.45, 2.75) is 77.9 Å². The van der Waals surface area contributed by atoms with Crippen molar-refractivity contribution in [3.63, 3.8) is 0 Å². The van der Waals surface area contributed by atoms with Crippen LogP contribution in [0, 0.1) is 11.3 Å². The zero-order valence-corrected chi connectivity index (χ0v) is 14.0. The van der Waals surface area contributed by atoms with Crippen LogP contribution in [0.25, 0.3) is 0 Å². The van der Waals surface area contributed by atoms with Crippen LogP contribution in [-0.4, -0.2) is 31.3 Å². The van der Waals surface area contributed by atoms with Gasteiger partial charge < -0.3 is 15.8 Å². The molecule has 0 aromatic rings. The van der Waals surface area contributed by atoms with E-state index in [0.29, 0.717) is 17.9 Å². The zero-order chi connectivity index (χ0) is 15.3. The van der Waals surface area contributed by atoms with Gasteiger partial charge in [0.1, 0.15) is 0 Å². The van der Waals surface area contributed by atoms with E-state index < -0.39 is 0 Å². The molecule has 4 nitrogen and oxygen atoms in total. The van der Waals surface area contributed by atoms with Crippen LogP contribution in [0.15, 0.2) is 4.99 Å². The van der Waals surface area contributed by atoms with Crippen molar-refractivity contribution in [1.82, 2.24) is 5.32 Å². The second-order valence-corrected chi connectivity index (χ2v) is 7.76. The van der Waals surface area contributed by atoms with E-state index in [2.05, 4.69) is 31.1 Å². The van der Waals surface area contributed by atoms with Crippen LogP contribution in [0.1, 0.15) is 65.7 Å². The van der Waals surface area contributed by atoms with Gasteiger partial charge in [0.2, 0.25) is 0 Å². The summed E-state index contributed by atoms with van der Waals surface area (Å²) in [6, 6.07) is 0.531. The summed E-state index contributed by atoms with van der Waals surface area (Å²) < 4.78 is 6.01. The van der Waals surface area contributed by atoms with Crippen LogP contribution in [0.5, 0.6) is 0 Å². The van der Waals surface area contributed by atoms with Gasteiger partial charge in [0.05, 0.1) is 6.10 Å². The van der Waals surface area contributed by atoms with Crippen molar-refractivity contribution < 1.29 is 4.74 Å². The normalized spacial score (nSPS) is 29.4. The molecule has 0 radical (unpaired) electrons. The molecule has 0 amide bonds. The van der Waals surface area contributed by atoms with E-state index >= 15 is 0 Å². The van der Waals surface area contributed by atoms with Gasteiger partial charge in [-0.05, 0) is 31.1 Å². The molecular formula is C17H33N3O. The van der Waals surface area contributed by atoms with Crippen molar-refractivity contribution in [2.24, 2.45) is 22.1 Å². The third kappa shape index (κ3) is 5.17. The van der Waals surface area contributed by atoms with Crippen LogP contribution in [0.4, 0.5) is 0 Å². The zero-order valence-electron chi connectivity index (χ0n) is 14.0. The van der Waals surface area contributed by atoms with Gasteiger partial charge in [0, 0.05) is 25.1 Å². The first-order valence-electron chi connectivity index (χ1n) is 8.65. The molecule has 2 rings (SSSR count). The van der Waals surface area contributed by atoms with E-state index in [1.165, 1.54) is 38.5 Å². The second kappa shape index (κ2) is 7.48. The highest BCUT2D eigenvalue weighted by Crippen LogP contribution is 2.34. The van der Waals surface area contributed by atoms with E-state index in [1.54, 1.807) is 0 Å². The molecule has 1 heterocycles. The predicted octanol–water partition coefficient (Wildman–Crippen LogP) is 3.06. The highest BCUT2D eigenvalue weighted by atomic mass is 16.5. The monoisotopic (exact) mass is 295 g/mol. The lowest BCUT2D eigenvalue weighted by Crippen LogP contribution is -2.43. The standard InChI is InChI=1S/C17H33N3O/c1-17(2,3)15-13(8-7-11-21-15)12-19-16(18)20-14-9-5-4-6-10-14/h13-15H,4-12H2,1-3H3,(H3,18,19,20). The quantitative estimate of drug-likeness (QED) is 0.621. The van der Waals surface area contributed by atoms with Crippen molar-refractivity contribution in [3.05, 3.63) is 0 Å². The summed E-state index contributed by atoms with van der Waals surface area (Å²) in [5.74, 6) is 1.12. The molecule has 0 aromatic carbocycles. The molecule has 2 atom stereocenters. The van der Waals surface area contributed by atoms with Crippen molar-refractivity contribution >= 4 is 5.96 Å². The lowest BCUT2D eigenvalue weighted by Gasteiger charge is -2.39. The Morgan fingerprint density at radius 2 is 1.86 bits per heavy atom. The molecule has 21 heavy (non-hydrogen) atoms. The van der Waals surface area contributed by atoms with Crippen molar-refractivity contribution in [3.8, 4) is 0 Å². The minimum atomic E-state index is 0.173. The summed E-state index contributed by atoms with van der Waals surface area (Å²) in [4.78, 5) is 4.61. The maximum Gasteiger partial charge on any atom is 0.188 e. The number of nitrogens with zero attached hydrogens (tertiary/aromatic N) is 1. The number of hydrogen-bond acceptors (Lipinski definition) is 2. The van der Waals surface area contributed by atoms with Gasteiger partial charge in [0.15, 0.2) is 5.96 Å². The predicted molar refractivity (Wildman–Crippen MR) is 88.4 cm³/mol. The lowest BCUT2D eigenvalue weighted by molar-refractivity contribution is -0.0823. The van der Waals surface area contributed by atoms with Gasteiger partial charge >= 0.3 is 0 Å². The number of hydrogen-bond donors (Lipinski definition) is 2. The molecule has 2 unspecified atom stereocenters. The fourth-order valence-corrected chi connectivity index (χ4v) is 3.70. The third-order valence-electron chi connectivity index (χ3n) is 4.75. The van der Waals surface area contributed by atoms with Crippen LogP contribution >= 0.6 is 0 Å². The number of rotatable bonds is 3. The van der Waals surface area contributed by atoms with E-state index in [9.17, 15) is 0 Å². The van der Waals surface area contributed by atoms with Crippen molar-refractivity contribution in [2.75, 3.05) is 13.2 Å². The molecule has 3 N–H and O–H groups in total. The summed E-state index contributed by atoms with van der Waals surface area (Å²) in [5, 5.41) is 3.40. The number of ether oxygens (including phenoxy) is 1. The van der Waals surface area contributed by atoms with Gasteiger partial charge in [-0.1, -0.05) is 40.0 Å². The summed E-state index contributed by atoms with van der Waals surface area (Å²) in [6.45, 7) is 8.43. The minimum absolute atomic E-state index is 0.173. The van der Waals surface area contributed by atoms with E-state index in [-0.39, 0.29) is 11.5 Å².